The second-order valence-corrected chi connectivity index (χ2v) is 8.58. The summed E-state index contributed by atoms with van der Waals surface area (Å²) < 4.78 is 26.1. The van der Waals surface area contributed by atoms with E-state index in [9.17, 15) is 13.2 Å². The minimum atomic E-state index is -3.51. The molecular weight excluding hydrogens is 374 g/mol. The molecule has 1 amide bonds. The third kappa shape index (κ3) is 4.55. The van der Waals surface area contributed by atoms with Crippen molar-refractivity contribution < 1.29 is 13.2 Å². The van der Waals surface area contributed by atoms with E-state index in [0.29, 0.717) is 6.42 Å². The lowest BCUT2D eigenvalue weighted by Crippen LogP contribution is -2.30. The predicted octanol–water partition coefficient (Wildman–Crippen LogP) is 2.64. The van der Waals surface area contributed by atoms with Crippen molar-refractivity contribution in [3.63, 3.8) is 0 Å². The second kappa shape index (κ2) is 8.50. The molecule has 28 heavy (non-hydrogen) atoms. The Labute approximate surface area is 165 Å². The lowest BCUT2D eigenvalue weighted by molar-refractivity contribution is -0.124. The van der Waals surface area contributed by atoms with Gasteiger partial charge < -0.3 is 5.32 Å². The maximum Gasteiger partial charge on any atom is 0.240 e. The molecule has 1 heterocycles. The fourth-order valence-corrected chi connectivity index (χ4v) is 3.87. The van der Waals surface area contributed by atoms with Crippen LogP contribution in [0.4, 0.5) is 0 Å². The van der Waals surface area contributed by atoms with Gasteiger partial charge in [-0.25, -0.2) is 13.1 Å². The summed E-state index contributed by atoms with van der Waals surface area (Å²) in [5.74, 6) is -0.327. The van der Waals surface area contributed by atoms with Crippen molar-refractivity contribution in [3.05, 3.63) is 72.1 Å². The van der Waals surface area contributed by atoms with E-state index < -0.39 is 10.0 Å². The summed E-state index contributed by atoms with van der Waals surface area (Å²) in [6, 6.07) is 14.5. The van der Waals surface area contributed by atoms with Gasteiger partial charge in [0.1, 0.15) is 0 Å². The Kier molecular flexibility index (Phi) is 6.06. The van der Waals surface area contributed by atoms with E-state index in [1.54, 1.807) is 24.4 Å². The van der Waals surface area contributed by atoms with E-state index in [0.717, 1.165) is 21.9 Å². The quantitative estimate of drug-likeness (QED) is 0.642. The summed E-state index contributed by atoms with van der Waals surface area (Å²) in [4.78, 5) is 17.0. The van der Waals surface area contributed by atoms with Crippen molar-refractivity contribution in [2.45, 2.75) is 24.8 Å². The summed E-state index contributed by atoms with van der Waals surface area (Å²) >= 11 is 0. The first-order valence-electron chi connectivity index (χ1n) is 9.02. The van der Waals surface area contributed by atoms with E-state index in [2.05, 4.69) is 15.0 Å². The van der Waals surface area contributed by atoms with Crippen LogP contribution in [0.3, 0.4) is 0 Å². The fraction of sp³-hybridized carbons (Fsp3) is 0.238. The van der Waals surface area contributed by atoms with Crippen molar-refractivity contribution in [1.29, 1.82) is 0 Å². The van der Waals surface area contributed by atoms with Crippen molar-refractivity contribution in [1.82, 2.24) is 15.0 Å². The van der Waals surface area contributed by atoms with E-state index in [-0.39, 0.29) is 23.3 Å². The van der Waals surface area contributed by atoms with Crippen LogP contribution in [-0.4, -0.2) is 26.4 Å². The van der Waals surface area contributed by atoms with Crippen LogP contribution in [-0.2, 0) is 27.8 Å². The number of benzene rings is 2. The Hall–Kier alpha value is -2.77. The average Bonchev–Trinajstić information content (AvgIpc) is 2.72. The highest BCUT2D eigenvalue weighted by molar-refractivity contribution is 7.89. The van der Waals surface area contributed by atoms with Gasteiger partial charge in [0.25, 0.3) is 0 Å². The number of nitrogens with one attached hydrogen (secondary N) is 2. The lowest BCUT2D eigenvalue weighted by Gasteiger charge is -2.14. The molecule has 0 radical (unpaired) electrons. The van der Waals surface area contributed by atoms with Crippen molar-refractivity contribution >= 4 is 26.7 Å². The summed E-state index contributed by atoms with van der Waals surface area (Å²) in [7, 11) is -2.14. The third-order valence-electron chi connectivity index (χ3n) is 4.67. The molecular formula is C21H23N3O3S. The van der Waals surface area contributed by atoms with Gasteiger partial charge in [-0.3, -0.25) is 9.78 Å². The zero-order chi connectivity index (χ0) is 20.1. The molecule has 146 valence electrons. The average molecular weight is 398 g/mol. The predicted molar refractivity (Wildman–Crippen MR) is 109 cm³/mol. The first-order chi connectivity index (χ1) is 13.4. The second-order valence-electron chi connectivity index (χ2n) is 6.70. The van der Waals surface area contributed by atoms with Crippen LogP contribution in [0, 0.1) is 5.92 Å². The van der Waals surface area contributed by atoms with Crippen LogP contribution in [0.5, 0.6) is 0 Å². The van der Waals surface area contributed by atoms with Gasteiger partial charge in [-0.2, -0.15) is 0 Å². The number of carbonyl (C=O) groups excluding carboxylic acids is 1. The molecule has 2 N–H and O–H groups in total. The molecule has 0 saturated carbocycles. The van der Waals surface area contributed by atoms with Crippen LogP contribution in [0.1, 0.15) is 18.1 Å². The maximum absolute atomic E-state index is 12.5. The van der Waals surface area contributed by atoms with Gasteiger partial charge in [-0.1, -0.05) is 43.3 Å². The Morgan fingerprint density at radius 1 is 1.11 bits per heavy atom. The number of aromatic nitrogens is 1. The largest absolute Gasteiger partial charge is 0.352 e. The molecule has 3 rings (SSSR count). The van der Waals surface area contributed by atoms with Crippen LogP contribution in [0.15, 0.2) is 65.8 Å². The molecule has 0 aliphatic rings. The molecule has 6 nitrogen and oxygen atoms in total. The minimum Gasteiger partial charge on any atom is -0.352 e. The first-order valence-corrected chi connectivity index (χ1v) is 10.5. The number of hydrogen-bond donors (Lipinski definition) is 2. The number of fused-ring (bicyclic) bond motifs is 1. The molecule has 7 heteroatoms. The maximum atomic E-state index is 12.5. The Morgan fingerprint density at radius 2 is 1.89 bits per heavy atom. The number of nitrogens with zero attached hydrogens (tertiary/aromatic N) is 1. The van der Waals surface area contributed by atoms with E-state index in [4.69, 9.17) is 0 Å². The molecule has 0 saturated heterocycles. The Balaban J connectivity index is 1.66. The highest BCUT2D eigenvalue weighted by Crippen LogP contribution is 2.20. The SMILES string of the molecule is CNS(=O)(=O)c1cccc(CNC(=O)[C@H](C)Cc2cncc3ccccc23)c1. The van der Waals surface area contributed by atoms with Crippen molar-refractivity contribution in [3.8, 4) is 0 Å². The van der Waals surface area contributed by atoms with Gasteiger partial charge in [0.2, 0.25) is 15.9 Å². The first kappa shape index (κ1) is 20.0. The molecule has 2 aromatic carbocycles. The zero-order valence-electron chi connectivity index (χ0n) is 15.8. The molecule has 0 bridgehead atoms. The van der Waals surface area contributed by atoms with Crippen LogP contribution in [0.25, 0.3) is 10.8 Å². The van der Waals surface area contributed by atoms with Gasteiger partial charge in [-0.05, 0) is 42.1 Å². The number of hydrogen-bond acceptors (Lipinski definition) is 4. The van der Waals surface area contributed by atoms with Crippen LogP contribution >= 0.6 is 0 Å². The van der Waals surface area contributed by atoms with Crippen LogP contribution < -0.4 is 10.0 Å². The van der Waals surface area contributed by atoms with Gasteiger partial charge in [0, 0.05) is 30.2 Å². The smallest absolute Gasteiger partial charge is 0.240 e. The van der Waals surface area contributed by atoms with Gasteiger partial charge in [0.05, 0.1) is 4.90 Å². The summed E-state index contributed by atoms with van der Waals surface area (Å²) in [5.41, 5.74) is 1.76. The number of sulfonamides is 1. The number of carbonyl (C=O) groups is 1. The third-order valence-corrected chi connectivity index (χ3v) is 6.08. The van der Waals surface area contributed by atoms with Gasteiger partial charge in [0.15, 0.2) is 0 Å². The minimum absolute atomic E-state index is 0.0881. The molecule has 0 aliphatic carbocycles. The summed E-state index contributed by atoms with van der Waals surface area (Å²) in [6.07, 6.45) is 4.20. The molecule has 0 spiro atoms. The normalized spacial score (nSPS) is 12.6. The van der Waals surface area contributed by atoms with E-state index >= 15 is 0 Å². The fourth-order valence-electron chi connectivity index (χ4n) is 3.07. The highest BCUT2D eigenvalue weighted by Gasteiger charge is 2.16. The molecule has 3 aromatic rings. The Morgan fingerprint density at radius 3 is 2.68 bits per heavy atom. The van der Waals surface area contributed by atoms with Gasteiger partial charge in [-0.15, -0.1) is 0 Å². The Bertz CT molecular complexity index is 1090. The standard InChI is InChI=1S/C21H23N3O3S/c1-15(10-18-14-23-13-17-7-3-4-9-20(17)18)21(25)24-12-16-6-5-8-19(11-16)28(26,27)22-2/h3-9,11,13-15,22H,10,12H2,1-2H3,(H,24,25)/t15-/m1/s1. The molecule has 0 aliphatic heterocycles. The highest BCUT2D eigenvalue weighted by atomic mass is 32.2. The van der Waals surface area contributed by atoms with Crippen molar-refractivity contribution in [2.24, 2.45) is 5.92 Å². The van der Waals surface area contributed by atoms with Crippen LogP contribution in [0.2, 0.25) is 0 Å². The van der Waals surface area contributed by atoms with E-state index in [1.165, 1.54) is 13.1 Å². The number of rotatable bonds is 7. The molecule has 1 aromatic heterocycles. The topological polar surface area (TPSA) is 88.2 Å². The van der Waals surface area contributed by atoms with E-state index in [1.807, 2.05) is 37.4 Å². The summed E-state index contributed by atoms with van der Waals surface area (Å²) in [5, 5.41) is 5.04. The lowest BCUT2D eigenvalue weighted by atomic mass is 9.97. The van der Waals surface area contributed by atoms with Crippen molar-refractivity contribution in [2.75, 3.05) is 7.05 Å². The monoisotopic (exact) mass is 397 g/mol. The summed E-state index contributed by atoms with van der Waals surface area (Å²) in [6.45, 7) is 2.14. The molecule has 0 fully saturated rings. The molecule has 1 atom stereocenters. The number of amides is 1. The van der Waals surface area contributed by atoms with Gasteiger partial charge >= 0.3 is 0 Å². The molecule has 0 unspecified atom stereocenters. The zero-order valence-corrected chi connectivity index (χ0v) is 16.7. The number of pyridine rings is 1.